The molecule has 4 saturated carbocycles. The molecule has 0 unspecified atom stereocenters. The fourth-order valence-corrected chi connectivity index (χ4v) is 10.7. The van der Waals surface area contributed by atoms with E-state index in [1.807, 2.05) is 20.8 Å². The van der Waals surface area contributed by atoms with Crippen molar-refractivity contribution in [1.82, 2.24) is 0 Å². The molecule has 0 saturated heterocycles. The quantitative estimate of drug-likeness (QED) is 0.382. The zero-order chi connectivity index (χ0) is 26.4. The SMILES string of the molecule is CC(C)(O)CCC[C@](C)(O)[C@H]1CC[C@]2(C)[C@@H]1[C@H](O)C[C@@H]1[C@@]3(C)CC[C@H](O)C(C)(C)[C@@H]3[C@H](O)C[C@]12C. The molecule has 0 aromatic heterocycles. The summed E-state index contributed by atoms with van der Waals surface area (Å²) >= 11 is 0. The first-order valence-electron chi connectivity index (χ1n) is 14.3. The second kappa shape index (κ2) is 8.40. The van der Waals surface area contributed by atoms with E-state index in [9.17, 15) is 25.5 Å². The van der Waals surface area contributed by atoms with Gasteiger partial charge in [0.1, 0.15) is 0 Å². The maximum atomic E-state index is 11.8. The predicted molar refractivity (Wildman–Crippen MR) is 139 cm³/mol. The Hall–Kier alpha value is -0.200. The lowest BCUT2D eigenvalue weighted by Crippen LogP contribution is -2.69. The Morgan fingerprint density at radius 3 is 2.03 bits per heavy atom. The largest absolute Gasteiger partial charge is 0.393 e. The van der Waals surface area contributed by atoms with Crippen LogP contribution >= 0.6 is 0 Å². The molecule has 5 nitrogen and oxygen atoms in total. The molecule has 4 rings (SSSR count). The molecule has 0 aromatic carbocycles. The van der Waals surface area contributed by atoms with Crippen LogP contribution in [-0.4, -0.2) is 55.0 Å². The minimum atomic E-state index is -0.894. The maximum Gasteiger partial charge on any atom is 0.0651 e. The highest BCUT2D eigenvalue weighted by atomic mass is 16.3. The maximum absolute atomic E-state index is 11.8. The van der Waals surface area contributed by atoms with Gasteiger partial charge in [0.15, 0.2) is 0 Å². The number of hydrogen-bond acceptors (Lipinski definition) is 5. The van der Waals surface area contributed by atoms with Gasteiger partial charge >= 0.3 is 0 Å². The Labute approximate surface area is 213 Å². The lowest BCUT2D eigenvalue weighted by molar-refractivity contribution is -0.274. The van der Waals surface area contributed by atoms with E-state index in [1.165, 1.54) is 0 Å². The number of hydrogen-bond donors (Lipinski definition) is 5. The summed E-state index contributed by atoms with van der Waals surface area (Å²) in [5, 5.41) is 56.2. The third-order valence-corrected chi connectivity index (χ3v) is 12.5. The van der Waals surface area contributed by atoms with Crippen molar-refractivity contribution in [2.45, 2.75) is 143 Å². The van der Waals surface area contributed by atoms with E-state index in [-0.39, 0.29) is 45.3 Å². The number of fused-ring (bicyclic) bond motifs is 5. The molecule has 0 aliphatic heterocycles. The van der Waals surface area contributed by atoms with Gasteiger partial charge in [-0.2, -0.15) is 0 Å². The zero-order valence-electron chi connectivity index (χ0n) is 23.6. The van der Waals surface area contributed by atoms with Crippen molar-refractivity contribution in [3.8, 4) is 0 Å². The van der Waals surface area contributed by atoms with Crippen molar-refractivity contribution in [3.05, 3.63) is 0 Å². The van der Waals surface area contributed by atoms with E-state index in [0.717, 1.165) is 32.1 Å². The summed E-state index contributed by atoms with van der Waals surface area (Å²) in [7, 11) is 0. The van der Waals surface area contributed by atoms with Crippen molar-refractivity contribution in [3.63, 3.8) is 0 Å². The smallest absolute Gasteiger partial charge is 0.0651 e. The van der Waals surface area contributed by atoms with Crippen LogP contribution < -0.4 is 0 Å². The molecule has 0 aromatic rings. The fourth-order valence-electron chi connectivity index (χ4n) is 10.7. The molecule has 0 amide bonds. The van der Waals surface area contributed by atoms with E-state index in [0.29, 0.717) is 25.7 Å². The summed E-state index contributed by atoms with van der Waals surface area (Å²) in [6.07, 6.45) is 5.51. The van der Waals surface area contributed by atoms with E-state index < -0.39 is 29.5 Å². The molecule has 5 heteroatoms. The van der Waals surface area contributed by atoms with Crippen LogP contribution in [0.5, 0.6) is 0 Å². The van der Waals surface area contributed by atoms with Crippen molar-refractivity contribution in [2.24, 2.45) is 45.3 Å². The van der Waals surface area contributed by atoms with E-state index in [1.54, 1.807) is 0 Å². The van der Waals surface area contributed by atoms with E-state index in [4.69, 9.17) is 0 Å². The van der Waals surface area contributed by atoms with Crippen molar-refractivity contribution >= 4 is 0 Å². The van der Waals surface area contributed by atoms with Crippen molar-refractivity contribution < 1.29 is 25.5 Å². The zero-order valence-corrected chi connectivity index (χ0v) is 23.6. The van der Waals surface area contributed by atoms with Crippen LogP contribution in [0, 0.1) is 45.3 Å². The van der Waals surface area contributed by atoms with Crippen molar-refractivity contribution in [1.29, 1.82) is 0 Å². The molecule has 4 fully saturated rings. The van der Waals surface area contributed by atoms with Gasteiger partial charge < -0.3 is 25.5 Å². The molecular weight excluding hydrogens is 440 g/mol. The first kappa shape index (κ1) is 27.8. The average Bonchev–Trinajstić information content (AvgIpc) is 3.07. The Morgan fingerprint density at radius 2 is 1.43 bits per heavy atom. The Morgan fingerprint density at radius 1 is 0.800 bits per heavy atom. The van der Waals surface area contributed by atoms with Crippen LogP contribution in [0.25, 0.3) is 0 Å². The molecule has 35 heavy (non-hydrogen) atoms. The number of aliphatic hydroxyl groups excluding tert-OH is 3. The standard InChI is InChI=1S/C30H54O5/c1-25(2,34)12-9-13-30(8,35)18-10-15-28(6)23(18)19(31)16-21-27(5)14-11-22(33)26(3,4)24(27)20(32)17-29(21,28)7/h18-24,31-35H,9-17H2,1-8H3/t18-,19+,20+,21+,22-,23-,24-,27+,28+,29+,30-/m0/s1. The molecule has 0 heterocycles. The van der Waals surface area contributed by atoms with Gasteiger partial charge in [-0.3, -0.25) is 0 Å². The van der Waals surface area contributed by atoms with Gasteiger partial charge in [0.05, 0.1) is 29.5 Å². The highest BCUT2D eigenvalue weighted by molar-refractivity contribution is 5.21. The third kappa shape index (κ3) is 4.06. The summed E-state index contributed by atoms with van der Waals surface area (Å²) in [4.78, 5) is 0. The highest BCUT2D eigenvalue weighted by Gasteiger charge is 2.72. The molecule has 4 aliphatic carbocycles. The molecular formula is C30H54O5. The first-order valence-corrected chi connectivity index (χ1v) is 14.3. The Bertz CT molecular complexity index is 801. The van der Waals surface area contributed by atoms with E-state index in [2.05, 4.69) is 34.6 Å². The minimum Gasteiger partial charge on any atom is -0.393 e. The van der Waals surface area contributed by atoms with Crippen LogP contribution in [0.2, 0.25) is 0 Å². The summed E-state index contributed by atoms with van der Waals surface area (Å²) in [6, 6.07) is 0. The van der Waals surface area contributed by atoms with Gasteiger partial charge in [0.25, 0.3) is 0 Å². The van der Waals surface area contributed by atoms with Gasteiger partial charge in [0, 0.05) is 0 Å². The molecule has 0 bridgehead atoms. The molecule has 0 radical (unpaired) electrons. The average molecular weight is 495 g/mol. The molecule has 11 atom stereocenters. The normalized spacial score (nSPS) is 51.2. The van der Waals surface area contributed by atoms with Gasteiger partial charge in [-0.15, -0.1) is 0 Å². The first-order chi connectivity index (χ1) is 15.8. The number of rotatable bonds is 5. The summed E-state index contributed by atoms with van der Waals surface area (Å²) in [5.74, 6) is 0.279. The van der Waals surface area contributed by atoms with Crippen LogP contribution in [0.15, 0.2) is 0 Å². The molecule has 4 aliphatic rings. The lowest BCUT2D eigenvalue weighted by Gasteiger charge is -2.71. The van der Waals surface area contributed by atoms with Gasteiger partial charge in [0.2, 0.25) is 0 Å². The van der Waals surface area contributed by atoms with Gasteiger partial charge in [-0.25, -0.2) is 0 Å². The Kier molecular flexibility index (Phi) is 6.68. The Balaban J connectivity index is 1.66. The van der Waals surface area contributed by atoms with Gasteiger partial charge in [-0.1, -0.05) is 34.6 Å². The van der Waals surface area contributed by atoms with Crippen LogP contribution in [0.4, 0.5) is 0 Å². The predicted octanol–water partition coefficient (Wildman–Crippen LogP) is 4.67. The van der Waals surface area contributed by atoms with Crippen LogP contribution in [0.3, 0.4) is 0 Å². The van der Waals surface area contributed by atoms with Crippen LogP contribution in [0.1, 0.15) is 113 Å². The van der Waals surface area contributed by atoms with Gasteiger partial charge in [-0.05, 0) is 124 Å². The highest BCUT2D eigenvalue weighted by Crippen LogP contribution is 2.75. The molecule has 5 N–H and O–H groups in total. The third-order valence-electron chi connectivity index (χ3n) is 12.5. The van der Waals surface area contributed by atoms with E-state index >= 15 is 0 Å². The summed E-state index contributed by atoms with van der Waals surface area (Å²) < 4.78 is 0. The second-order valence-electron chi connectivity index (χ2n) is 15.5. The van der Waals surface area contributed by atoms with Crippen LogP contribution in [-0.2, 0) is 0 Å². The lowest BCUT2D eigenvalue weighted by atomic mass is 9.34. The monoisotopic (exact) mass is 494 g/mol. The summed E-state index contributed by atoms with van der Waals surface area (Å²) in [6.45, 7) is 16.8. The topological polar surface area (TPSA) is 101 Å². The fraction of sp³-hybridized carbons (Fsp3) is 1.00. The summed E-state index contributed by atoms with van der Waals surface area (Å²) in [5.41, 5.74) is -2.45. The minimum absolute atomic E-state index is 0.00423. The number of aliphatic hydroxyl groups is 5. The molecule has 204 valence electrons. The second-order valence-corrected chi connectivity index (χ2v) is 15.5. The molecule has 0 spiro atoms. The van der Waals surface area contributed by atoms with Crippen molar-refractivity contribution in [2.75, 3.05) is 0 Å².